The van der Waals surface area contributed by atoms with Crippen molar-refractivity contribution in [3.8, 4) is 0 Å². The number of amides is 1. The number of rotatable bonds is 5. The molecule has 6 heteroatoms. The molecule has 0 saturated carbocycles. The van der Waals surface area contributed by atoms with E-state index in [4.69, 9.17) is 4.52 Å². The van der Waals surface area contributed by atoms with Crippen LogP contribution < -0.4 is 0 Å². The maximum atomic E-state index is 13.1. The van der Waals surface area contributed by atoms with Crippen LogP contribution in [0.25, 0.3) is 10.9 Å². The van der Waals surface area contributed by atoms with Gasteiger partial charge in [0.1, 0.15) is 17.5 Å². The van der Waals surface area contributed by atoms with Crippen LogP contribution in [-0.2, 0) is 24.2 Å². The first kappa shape index (κ1) is 18.5. The molecule has 0 spiro atoms. The van der Waals surface area contributed by atoms with Crippen molar-refractivity contribution in [1.29, 1.82) is 0 Å². The predicted octanol–water partition coefficient (Wildman–Crippen LogP) is 3.93. The van der Waals surface area contributed by atoms with Gasteiger partial charge in [0.2, 0.25) is 5.91 Å². The summed E-state index contributed by atoms with van der Waals surface area (Å²) in [4.78, 5) is 26.8. The number of likely N-dealkylation sites (N-methyl/N-ethyl adjacent to an activating group) is 1. The van der Waals surface area contributed by atoms with Gasteiger partial charge in [0, 0.05) is 41.7 Å². The Morgan fingerprint density at radius 1 is 1.25 bits per heavy atom. The zero-order chi connectivity index (χ0) is 19.8. The number of hydrogen-bond donors (Lipinski definition) is 0. The van der Waals surface area contributed by atoms with Crippen LogP contribution in [0.2, 0.25) is 0 Å². The molecule has 0 fully saturated rings. The maximum absolute atomic E-state index is 13.1. The number of nitrogens with zero attached hydrogens (tertiary/aromatic N) is 3. The Morgan fingerprint density at radius 3 is 2.79 bits per heavy atom. The van der Waals surface area contributed by atoms with Crippen LogP contribution in [0.1, 0.15) is 60.1 Å². The minimum Gasteiger partial charge on any atom is -0.361 e. The Morgan fingerprint density at radius 2 is 2.00 bits per heavy atom. The summed E-state index contributed by atoms with van der Waals surface area (Å²) in [6.45, 7) is 3.85. The highest BCUT2D eigenvalue weighted by Gasteiger charge is 2.26. The molecular weight excluding hydrogens is 354 g/mol. The molecule has 6 nitrogen and oxygen atoms in total. The fraction of sp³-hybridized carbons (Fsp3) is 0.409. The third-order valence-corrected chi connectivity index (χ3v) is 5.69. The summed E-state index contributed by atoms with van der Waals surface area (Å²) >= 11 is 0. The SMILES string of the molecule is CC(=O)c1cn([C@H](C)C(=O)N(C)Cc2noc3c2CCCC3)c2ccccc12. The second kappa shape index (κ2) is 7.26. The van der Waals surface area contributed by atoms with Gasteiger partial charge in [-0.2, -0.15) is 0 Å². The molecule has 2 heterocycles. The third-order valence-electron chi connectivity index (χ3n) is 5.69. The molecule has 28 heavy (non-hydrogen) atoms. The molecule has 0 N–H and O–H groups in total. The van der Waals surface area contributed by atoms with Gasteiger partial charge in [-0.15, -0.1) is 0 Å². The summed E-state index contributed by atoms with van der Waals surface area (Å²) in [6.07, 6.45) is 5.96. The standard InChI is InChI=1S/C22H25N3O3/c1-14(25-12-18(15(2)26)16-8-4-6-10-20(16)25)22(27)24(3)13-19-17-9-5-7-11-21(17)28-23-19/h4,6,8,10,12,14H,5,7,9,11,13H2,1-3H3/t14-/m1/s1. The van der Waals surface area contributed by atoms with Crippen LogP contribution in [0.3, 0.4) is 0 Å². The molecule has 4 rings (SSSR count). The van der Waals surface area contributed by atoms with Crippen LogP contribution >= 0.6 is 0 Å². The van der Waals surface area contributed by atoms with E-state index in [2.05, 4.69) is 5.16 Å². The van der Waals surface area contributed by atoms with Crippen LogP contribution in [0.4, 0.5) is 0 Å². The van der Waals surface area contributed by atoms with Crippen molar-refractivity contribution in [2.45, 2.75) is 52.1 Å². The zero-order valence-corrected chi connectivity index (χ0v) is 16.6. The lowest BCUT2D eigenvalue weighted by Crippen LogP contribution is -2.33. The average molecular weight is 379 g/mol. The first-order chi connectivity index (χ1) is 13.5. The first-order valence-corrected chi connectivity index (χ1v) is 9.79. The molecule has 1 atom stereocenters. The number of ketones is 1. The van der Waals surface area contributed by atoms with Gasteiger partial charge >= 0.3 is 0 Å². The lowest BCUT2D eigenvalue weighted by molar-refractivity contribution is -0.133. The van der Waals surface area contributed by atoms with Crippen LogP contribution in [-0.4, -0.2) is 33.4 Å². The van der Waals surface area contributed by atoms with Crippen molar-refractivity contribution >= 4 is 22.6 Å². The molecule has 2 aromatic heterocycles. The fourth-order valence-electron chi connectivity index (χ4n) is 4.12. The van der Waals surface area contributed by atoms with Crippen molar-refractivity contribution in [2.24, 2.45) is 0 Å². The normalized spacial score (nSPS) is 14.7. The molecule has 1 aromatic carbocycles. The Kier molecular flexibility index (Phi) is 4.79. The molecule has 146 valence electrons. The van der Waals surface area contributed by atoms with Crippen LogP contribution in [0.5, 0.6) is 0 Å². The van der Waals surface area contributed by atoms with Gasteiger partial charge < -0.3 is 14.0 Å². The molecule has 0 saturated heterocycles. The number of aryl methyl sites for hydroxylation is 1. The second-order valence-corrected chi connectivity index (χ2v) is 7.63. The zero-order valence-electron chi connectivity index (χ0n) is 16.6. The van der Waals surface area contributed by atoms with Crippen molar-refractivity contribution in [3.63, 3.8) is 0 Å². The van der Waals surface area contributed by atoms with Crippen LogP contribution in [0, 0.1) is 0 Å². The summed E-state index contributed by atoms with van der Waals surface area (Å²) in [5.41, 5.74) is 3.56. The monoisotopic (exact) mass is 379 g/mol. The van der Waals surface area contributed by atoms with E-state index in [-0.39, 0.29) is 11.7 Å². The highest BCUT2D eigenvalue weighted by molar-refractivity contribution is 6.07. The molecule has 0 radical (unpaired) electrons. The number of Topliss-reactive ketones (excluding diaryl/α,β-unsaturated/α-hetero) is 1. The van der Waals surface area contributed by atoms with E-state index in [0.717, 1.165) is 48.0 Å². The average Bonchev–Trinajstić information content (AvgIpc) is 3.29. The summed E-state index contributed by atoms with van der Waals surface area (Å²) in [5.74, 6) is 0.943. The summed E-state index contributed by atoms with van der Waals surface area (Å²) < 4.78 is 7.36. The van der Waals surface area contributed by atoms with E-state index < -0.39 is 6.04 Å². The maximum Gasteiger partial charge on any atom is 0.245 e. The Hall–Kier alpha value is -2.89. The van der Waals surface area contributed by atoms with E-state index in [1.165, 1.54) is 5.56 Å². The Bertz CT molecular complexity index is 1050. The minimum absolute atomic E-state index is 0.00261. The summed E-state index contributed by atoms with van der Waals surface area (Å²) in [7, 11) is 1.79. The van der Waals surface area contributed by atoms with Gasteiger partial charge in [0.15, 0.2) is 5.78 Å². The lowest BCUT2D eigenvalue weighted by Gasteiger charge is -2.23. The molecule has 1 amide bonds. The van der Waals surface area contributed by atoms with Gasteiger partial charge in [-0.25, -0.2) is 0 Å². The van der Waals surface area contributed by atoms with E-state index >= 15 is 0 Å². The largest absolute Gasteiger partial charge is 0.361 e. The van der Waals surface area contributed by atoms with Gasteiger partial charge in [0.25, 0.3) is 0 Å². The van der Waals surface area contributed by atoms with E-state index in [1.54, 1.807) is 25.1 Å². The second-order valence-electron chi connectivity index (χ2n) is 7.63. The fourth-order valence-corrected chi connectivity index (χ4v) is 4.12. The van der Waals surface area contributed by atoms with Gasteiger partial charge in [-0.3, -0.25) is 9.59 Å². The van der Waals surface area contributed by atoms with Crippen LogP contribution in [0.15, 0.2) is 35.0 Å². The number of hydrogen-bond acceptors (Lipinski definition) is 4. The van der Waals surface area contributed by atoms with E-state index in [1.807, 2.05) is 35.8 Å². The first-order valence-electron chi connectivity index (χ1n) is 9.79. The number of carbonyl (C=O) groups excluding carboxylic acids is 2. The molecule has 1 aliphatic rings. The molecule has 3 aromatic rings. The number of para-hydroxylation sites is 1. The van der Waals surface area contributed by atoms with E-state index in [0.29, 0.717) is 12.1 Å². The van der Waals surface area contributed by atoms with Gasteiger partial charge in [-0.05, 0) is 39.2 Å². The highest BCUT2D eigenvalue weighted by Crippen LogP contribution is 2.28. The van der Waals surface area contributed by atoms with E-state index in [9.17, 15) is 9.59 Å². The van der Waals surface area contributed by atoms with Crippen molar-refractivity contribution in [2.75, 3.05) is 7.05 Å². The molecule has 0 bridgehead atoms. The van der Waals surface area contributed by atoms with Crippen molar-refractivity contribution in [3.05, 3.63) is 53.0 Å². The topological polar surface area (TPSA) is 68.3 Å². The smallest absolute Gasteiger partial charge is 0.245 e. The molecule has 0 aliphatic heterocycles. The van der Waals surface area contributed by atoms with Gasteiger partial charge in [-0.1, -0.05) is 23.4 Å². The molecular formula is C22H25N3O3. The quantitative estimate of drug-likeness (QED) is 0.630. The lowest BCUT2D eigenvalue weighted by atomic mass is 9.96. The van der Waals surface area contributed by atoms with Crippen molar-refractivity contribution in [1.82, 2.24) is 14.6 Å². The third kappa shape index (κ3) is 3.13. The molecule has 1 aliphatic carbocycles. The number of fused-ring (bicyclic) bond motifs is 2. The number of aromatic nitrogens is 2. The van der Waals surface area contributed by atoms with Crippen molar-refractivity contribution < 1.29 is 14.1 Å². The Labute approximate surface area is 164 Å². The molecule has 0 unspecified atom stereocenters. The van der Waals surface area contributed by atoms with Gasteiger partial charge in [0.05, 0.1) is 6.54 Å². The highest BCUT2D eigenvalue weighted by atomic mass is 16.5. The number of benzene rings is 1. The summed E-state index contributed by atoms with van der Waals surface area (Å²) in [5, 5.41) is 5.09. The Balaban J connectivity index is 1.59. The predicted molar refractivity (Wildman–Crippen MR) is 106 cm³/mol. The summed E-state index contributed by atoms with van der Waals surface area (Å²) in [6, 6.07) is 7.27. The minimum atomic E-state index is -0.425. The number of carbonyl (C=O) groups is 2.